The molecule has 5 rings (SSSR count). The molecule has 1 amide bonds. The molecule has 0 aliphatic carbocycles. The topological polar surface area (TPSA) is 81.2 Å². The maximum Gasteiger partial charge on any atom is 0.248 e. The maximum absolute atomic E-state index is 12.5. The molecule has 0 spiro atoms. The number of oxazole rings is 1. The summed E-state index contributed by atoms with van der Waals surface area (Å²) in [7, 11) is 0. The van der Waals surface area contributed by atoms with E-state index in [1.807, 2.05) is 31.2 Å². The maximum atomic E-state index is 12.5. The van der Waals surface area contributed by atoms with E-state index in [0.717, 1.165) is 11.1 Å². The molecule has 0 unspecified atom stereocenters. The molecule has 5 aromatic rings. The van der Waals surface area contributed by atoms with E-state index in [1.54, 1.807) is 48.7 Å². The Hall–Kier alpha value is -3.87. The van der Waals surface area contributed by atoms with E-state index in [0.29, 0.717) is 49.9 Å². The summed E-state index contributed by atoms with van der Waals surface area (Å²) in [6.45, 7) is 1.94. The van der Waals surface area contributed by atoms with Gasteiger partial charge in [0, 0.05) is 28.5 Å². The molecule has 3 aromatic heterocycles. The molecule has 0 saturated carbocycles. The van der Waals surface area contributed by atoms with Crippen LogP contribution in [0.3, 0.4) is 0 Å². The van der Waals surface area contributed by atoms with Gasteiger partial charge in [0.1, 0.15) is 11.5 Å². The lowest BCUT2D eigenvalue weighted by atomic mass is 10.1. The van der Waals surface area contributed by atoms with Crippen LogP contribution < -0.4 is 5.32 Å². The molecule has 34 heavy (non-hydrogen) atoms. The standard InChI is InChI=1S/C26H17Cl2N3O3/c1-15-4-5-16(13-21(15)28)22-10-7-18(33-22)8-11-24(32)30-17-6-9-20(27)19(14-17)26-31-25-23(34-26)3-2-12-29-25/h2-14H,1H3,(H,30,32)/b11-8+. The van der Waals surface area contributed by atoms with E-state index in [1.165, 1.54) is 6.08 Å². The van der Waals surface area contributed by atoms with E-state index in [4.69, 9.17) is 32.0 Å². The normalized spacial score (nSPS) is 11.4. The fourth-order valence-corrected chi connectivity index (χ4v) is 3.72. The van der Waals surface area contributed by atoms with Gasteiger partial charge in [-0.25, -0.2) is 4.98 Å². The number of hydrogen-bond acceptors (Lipinski definition) is 5. The van der Waals surface area contributed by atoms with E-state index >= 15 is 0 Å². The fourth-order valence-electron chi connectivity index (χ4n) is 3.34. The fraction of sp³-hybridized carbons (Fsp3) is 0.0385. The molecule has 0 atom stereocenters. The molecule has 168 valence electrons. The van der Waals surface area contributed by atoms with Crippen molar-refractivity contribution in [2.75, 3.05) is 5.32 Å². The molecule has 0 aliphatic rings. The Labute approximate surface area is 204 Å². The molecule has 0 bridgehead atoms. The number of halogens is 2. The van der Waals surface area contributed by atoms with E-state index in [-0.39, 0.29) is 5.91 Å². The Kier molecular flexibility index (Phi) is 5.92. The Morgan fingerprint density at radius 3 is 2.71 bits per heavy atom. The van der Waals surface area contributed by atoms with Crippen molar-refractivity contribution in [1.82, 2.24) is 9.97 Å². The van der Waals surface area contributed by atoms with Gasteiger partial charge in [0.05, 0.1) is 10.6 Å². The van der Waals surface area contributed by atoms with Crippen LogP contribution in [0, 0.1) is 6.92 Å². The second-order valence-corrected chi connectivity index (χ2v) is 8.34. The Bertz CT molecular complexity index is 1520. The first-order chi connectivity index (χ1) is 16.5. The lowest BCUT2D eigenvalue weighted by molar-refractivity contribution is -0.111. The Morgan fingerprint density at radius 2 is 1.88 bits per heavy atom. The van der Waals surface area contributed by atoms with Crippen molar-refractivity contribution in [1.29, 1.82) is 0 Å². The zero-order chi connectivity index (χ0) is 23.7. The van der Waals surface area contributed by atoms with Gasteiger partial charge in [-0.3, -0.25) is 4.79 Å². The number of carbonyl (C=O) groups excluding carboxylic acids is 1. The average molecular weight is 490 g/mol. The first kappa shape index (κ1) is 21.9. The van der Waals surface area contributed by atoms with Gasteiger partial charge < -0.3 is 14.2 Å². The van der Waals surface area contributed by atoms with Crippen LogP contribution in [0.1, 0.15) is 11.3 Å². The number of aryl methyl sites for hydroxylation is 1. The van der Waals surface area contributed by atoms with Crippen LogP contribution in [0.4, 0.5) is 5.69 Å². The average Bonchev–Trinajstić information content (AvgIpc) is 3.48. The van der Waals surface area contributed by atoms with Gasteiger partial charge in [-0.2, -0.15) is 4.98 Å². The van der Waals surface area contributed by atoms with Crippen LogP contribution in [0.5, 0.6) is 0 Å². The molecule has 0 saturated heterocycles. The molecule has 8 heteroatoms. The summed E-state index contributed by atoms with van der Waals surface area (Å²) in [6, 6.07) is 17.9. The van der Waals surface area contributed by atoms with Crippen molar-refractivity contribution in [3.63, 3.8) is 0 Å². The SMILES string of the molecule is Cc1ccc(-c2ccc(/C=C/C(=O)Nc3ccc(Cl)c(-c4nc5ncccc5o4)c3)o2)cc1Cl. The van der Waals surface area contributed by atoms with Crippen molar-refractivity contribution in [2.45, 2.75) is 6.92 Å². The zero-order valence-corrected chi connectivity index (χ0v) is 19.4. The number of carbonyl (C=O) groups is 1. The summed E-state index contributed by atoms with van der Waals surface area (Å²) >= 11 is 12.5. The number of amides is 1. The molecule has 0 radical (unpaired) electrons. The third-order valence-electron chi connectivity index (χ3n) is 5.11. The van der Waals surface area contributed by atoms with Crippen molar-refractivity contribution in [3.8, 4) is 22.8 Å². The molecule has 6 nitrogen and oxygen atoms in total. The van der Waals surface area contributed by atoms with Gasteiger partial charge in [-0.1, -0.05) is 35.3 Å². The number of fused-ring (bicyclic) bond motifs is 1. The van der Waals surface area contributed by atoms with Gasteiger partial charge in [0.2, 0.25) is 11.8 Å². The van der Waals surface area contributed by atoms with Crippen molar-refractivity contribution >= 4 is 52.1 Å². The van der Waals surface area contributed by atoms with Crippen LogP contribution in [0.2, 0.25) is 10.0 Å². The number of nitrogens with one attached hydrogen (secondary N) is 1. The molecule has 3 heterocycles. The zero-order valence-electron chi connectivity index (χ0n) is 17.9. The van der Waals surface area contributed by atoms with E-state index in [2.05, 4.69) is 15.3 Å². The second kappa shape index (κ2) is 9.17. The molecular weight excluding hydrogens is 473 g/mol. The van der Waals surface area contributed by atoms with Crippen LogP contribution in [0.25, 0.3) is 40.1 Å². The monoisotopic (exact) mass is 489 g/mol. The summed E-state index contributed by atoms with van der Waals surface area (Å²) in [6.07, 6.45) is 4.62. The van der Waals surface area contributed by atoms with Crippen molar-refractivity contribution < 1.29 is 13.6 Å². The number of anilines is 1. The van der Waals surface area contributed by atoms with Gasteiger partial charge in [0.15, 0.2) is 11.2 Å². The molecule has 0 aliphatic heterocycles. The third kappa shape index (κ3) is 4.59. The van der Waals surface area contributed by atoms with Gasteiger partial charge in [-0.05, 0) is 67.1 Å². The highest BCUT2D eigenvalue weighted by molar-refractivity contribution is 6.33. The van der Waals surface area contributed by atoms with Crippen LogP contribution in [0.15, 0.2) is 81.8 Å². The van der Waals surface area contributed by atoms with Crippen molar-refractivity contribution in [3.05, 3.63) is 94.3 Å². The first-order valence-electron chi connectivity index (χ1n) is 10.3. The summed E-state index contributed by atoms with van der Waals surface area (Å²) in [4.78, 5) is 21.0. The predicted octanol–water partition coefficient (Wildman–Crippen LogP) is 7.42. The van der Waals surface area contributed by atoms with Crippen LogP contribution in [-0.4, -0.2) is 15.9 Å². The highest BCUT2D eigenvalue weighted by Gasteiger charge is 2.14. The van der Waals surface area contributed by atoms with E-state index in [9.17, 15) is 4.79 Å². The predicted molar refractivity (Wildman–Crippen MR) is 134 cm³/mol. The Balaban J connectivity index is 1.31. The number of aromatic nitrogens is 2. The minimum absolute atomic E-state index is 0.324. The summed E-state index contributed by atoms with van der Waals surface area (Å²) in [5.41, 5.74) is 3.98. The number of benzene rings is 2. The minimum atomic E-state index is -0.330. The lowest BCUT2D eigenvalue weighted by Crippen LogP contribution is -2.07. The number of nitrogens with zero attached hydrogens (tertiary/aromatic N) is 2. The van der Waals surface area contributed by atoms with Gasteiger partial charge in [0.25, 0.3) is 0 Å². The Morgan fingerprint density at radius 1 is 1.00 bits per heavy atom. The molecule has 2 aromatic carbocycles. The first-order valence-corrected chi connectivity index (χ1v) is 11.1. The number of hydrogen-bond donors (Lipinski definition) is 1. The number of furan rings is 1. The highest BCUT2D eigenvalue weighted by atomic mass is 35.5. The third-order valence-corrected chi connectivity index (χ3v) is 5.85. The van der Waals surface area contributed by atoms with E-state index < -0.39 is 0 Å². The minimum Gasteiger partial charge on any atom is -0.457 e. The number of rotatable bonds is 5. The summed E-state index contributed by atoms with van der Waals surface area (Å²) in [5, 5.41) is 3.92. The summed E-state index contributed by atoms with van der Waals surface area (Å²) < 4.78 is 11.6. The van der Waals surface area contributed by atoms with Gasteiger partial charge >= 0.3 is 0 Å². The molecule has 0 fully saturated rings. The molecule has 1 N–H and O–H groups in total. The highest BCUT2D eigenvalue weighted by Crippen LogP contribution is 2.32. The molecular formula is C26H17Cl2N3O3. The van der Waals surface area contributed by atoms with Gasteiger partial charge in [-0.15, -0.1) is 0 Å². The van der Waals surface area contributed by atoms with Crippen LogP contribution in [-0.2, 0) is 4.79 Å². The summed E-state index contributed by atoms with van der Waals surface area (Å²) in [5.74, 6) is 1.20. The number of pyridine rings is 1. The van der Waals surface area contributed by atoms with Crippen molar-refractivity contribution in [2.24, 2.45) is 0 Å². The van der Waals surface area contributed by atoms with Crippen LogP contribution >= 0.6 is 23.2 Å². The smallest absolute Gasteiger partial charge is 0.248 e. The quantitative estimate of drug-likeness (QED) is 0.259. The largest absolute Gasteiger partial charge is 0.457 e. The lowest BCUT2D eigenvalue weighted by Gasteiger charge is -2.05. The second-order valence-electron chi connectivity index (χ2n) is 7.53.